The third-order valence-corrected chi connectivity index (χ3v) is 4.25. The number of rotatable bonds is 6. The van der Waals surface area contributed by atoms with Crippen LogP contribution in [0, 0.1) is 11.2 Å². The highest BCUT2D eigenvalue weighted by molar-refractivity contribution is 7.96. The molecule has 0 saturated carbocycles. The van der Waals surface area contributed by atoms with E-state index in [1.54, 1.807) is 0 Å². The van der Waals surface area contributed by atoms with Gasteiger partial charge in [0, 0.05) is 11.7 Å². The molecule has 0 spiro atoms. The second kappa shape index (κ2) is 8.48. The molecule has 0 heterocycles. The van der Waals surface area contributed by atoms with Gasteiger partial charge in [-0.05, 0) is 30.7 Å². The average molecular weight is 308 g/mol. The number of hydrogen-bond donors (Lipinski definition) is 0. The number of carbonyl (C=O) groups excluding carboxylic acids is 1. The average Bonchev–Trinajstić information content (AvgIpc) is 2.50. The largest absolute Gasteiger partial charge is 0.465 e. The SMILES string of the molecule is CCCCCCC#CS(=O)(=O)c1ccc(C(=O)OC)cc1. The highest BCUT2D eigenvalue weighted by Crippen LogP contribution is 2.12. The van der Waals surface area contributed by atoms with Gasteiger partial charge in [-0.1, -0.05) is 32.1 Å². The van der Waals surface area contributed by atoms with Gasteiger partial charge in [0.05, 0.1) is 17.6 Å². The van der Waals surface area contributed by atoms with Gasteiger partial charge in [-0.2, -0.15) is 0 Å². The minimum absolute atomic E-state index is 0.0937. The van der Waals surface area contributed by atoms with Crippen molar-refractivity contribution in [2.24, 2.45) is 0 Å². The number of unbranched alkanes of at least 4 members (excludes halogenated alkanes) is 4. The second-order valence-electron chi connectivity index (χ2n) is 4.61. The lowest BCUT2D eigenvalue weighted by Crippen LogP contribution is -2.02. The monoisotopic (exact) mass is 308 g/mol. The van der Waals surface area contributed by atoms with Crippen molar-refractivity contribution in [1.29, 1.82) is 0 Å². The van der Waals surface area contributed by atoms with Gasteiger partial charge in [-0.15, -0.1) is 0 Å². The lowest BCUT2D eigenvalue weighted by molar-refractivity contribution is 0.0600. The quantitative estimate of drug-likeness (QED) is 0.350. The van der Waals surface area contributed by atoms with Crippen LogP contribution in [0.2, 0.25) is 0 Å². The third-order valence-electron chi connectivity index (χ3n) is 2.95. The van der Waals surface area contributed by atoms with E-state index < -0.39 is 15.8 Å². The fraction of sp³-hybridized carbons (Fsp3) is 0.438. The van der Waals surface area contributed by atoms with Gasteiger partial charge in [0.1, 0.15) is 0 Å². The molecular formula is C16H20O4S. The maximum absolute atomic E-state index is 12.0. The van der Waals surface area contributed by atoms with E-state index in [1.165, 1.54) is 31.4 Å². The molecule has 114 valence electrons. The molecule has 0 aliphatic rings. The number of sulfone groups is 1. The van der Waals surface area contributed by atoms with Gasteiger partial charge in [-0.25, -0.2) is 13.2 Å². The first-order valence-corrected chi connectivity index (χ1v) is 8.42. The van der Waals surface area contributed by atoms with Crippen molar-refractivity contribution in [2.45, 2.75) is 43.9 Å². The van der Waals surface area contributed by atoms with E-state index in [1.807, 2.05) is 0 Å². The molecule has 1 aromatic carbocycles. The summed E-state index contributed by atoms with van der Waals surface area (Å²) in [7, 11) is -2.34. The van der Waals surface area contributed by atoms with Crippen LogP contribution >= 0.6 is 0 Å². The van der Waals surface area contributed by atoms with Crippen LogP contribution < -0.4 is 0 Å². The second-order valence-corrected chi connectivity index (χ2v) is 6.29. The van der Waals surface area contributed by atoms with Crippen LogP contribution in [0.1, 0.15) is 49.4 Å². The molecule has 1 rings (SSSR count). The molecule has 0 radical (unpaired) electrons. The first kappa shape index (κ1) is 17.3. The van der Waals surface area contributed by atoms with Crippen molar-refractivity contribution < 1.29 is 17.9 Å². The fourth-order valence-electron chi connectivity index (χ4n) is 1.73. The summed E-state index contributed by atoms with van der Waals surface area (Å²) in [5, 5.41) is 2.32. The zero-order chi connectivity index (χ0) is 15.7. The fourth-order valence-corrected chi connectivity index (χ4v) is 2.64. The van der Waals surface area contributed by atoms with Crippen LogP contribution in [0.4, 0.5) is 0 Å². The van der Waals surface area contributed by atoms with Gasteiger partial charge in [0.25, 0.3) is 0 Å². The molecule has 0 N–H and O–H groups in total. The van der Waals surface area contributed by atoms with Crippen molar-refractivity contribution in [3.63, 3.8) is 0 Å². The summed E-state index contributed by atoms with van der Waals surface area (Å²) in [5.74, 6) is 2.20. The predicted octanol–water partition coefficient (Wildman–Crippen LogP) is 3.18. The highest BCUT2D eigenvalue weighted by atomic mass is 32.2. The van der Waals surface area contributed by atoms with E-state index in [0.29, 0.717) is 12.0 Å². The Hall–Kier alpha value is -1.80. The molecule has 4 nitrogen and oxygen atoms in total. The Morgan fingerprint density at radius 3 is 2.38 bits per heavy atom. The normalized spacial score (nSPS) is 10.6. The standard InChI is InChI=1S/C16H20O4S/c1-3-4-5-6-7-8-13-21(18,19)15-11-9-14(10-12-15)16(17)20-2/h9-12H,3-7H2,1-2H3. The highest BCUT2D eigenvalue weighted by Gasteiger charge is 2.12. The Morgan fingerprint density at radius 1 is 1.14 bits per heavy atom. The molecule has 0 bridgehead atoms. The summed E-state index contributed by atoms with van der Waals surface area (Å²) < 4.78 is 28.5. The molecule has 0 amide bonds. The van der Waals surface area contributed by atoms with Gasteiger partial charge in [-0.3, -0.25) is 0 Å². The first-order chi connectivity index (χ1) is 10.0. The van der Waals surface area contributed by atoms with Crippen LogP contribution in [0.25, 0.3) is 0 Å². The van der Waals surface area contributed by atoms with Gasteiger partial charge in [0.15, 0.2) is 0 Å². The molecule has 5 heteroatoms. The third kappa shape index (κ3) is 5.60. The Kier molecular flexibility index (Phi) is 6.97. The Morgan fingerprint density at radius 2 is 1.81 bits per heavy atom. The lowest BCUT2D eigenvalue weighted by atomic mass is 10.2. The minimum Gasteiger partial charge on any atom is -0.465 e. The van der Waals surface area contributed by atoms with Crippen molar-refractivity contribution >= 4 is 15.8 Å². The number of esters is 1. The van der Waals surface area contributed by atoms with E-state index in [0.717, 1.165) is 25.7 Å². The molecule has 0 aliphatic carbocycles. The smallest absolute Gasteiger partial charge is 0.337 e. The van der Waals surface area contributed by atoms with E-state index in [2.05, 4.69) is 22.8 Å². The van der Waals surface area contributed by atoms with E-state index >= 15 is 0 Å². The molecule has 0 aromatic heterocycles. The molecule has 21 heavy (non-hydrogen) atoms. The van der Waals surface area contributed by atoms with Crippen LogP contribution in [0.3, 0.4) is 0 Å². The number of ether oxygens (including phenoxy) is 1. The van der Waals surface area contributed by atoms with E-state index in [9.17, 15) is 13.2 Å². The van der Waals surface area contributed by atoms with Crippen molar-refractivity contribution in [1.82, 2.24) is 0 Å². The predicted molar refractivity (Wildman–Crippen MR) is 81.5 cm³/mol. The minimum atomic E-state index is -3.62. The number of hydrogen-bond acceptors (Lipinski definition) is 4. The van der Waals surface area contributed by atoms with Crippen molar-refractivity contribution in [3.05, 3.63) is 29.8 Å². The Labute approximate surface area is 126 Å². The number of methoxy groups -OCH3 is 1. The van der Waals surface area contributed by atoms with E-state index in [-0.39, 0.29) is 4.90 Å². The molecular weight excluding hydrogens is 288 g/mol. The Balaban J connectivity index is 2.70. The van der Waals surface area contributed by atoms with Gasteiger partial charge >= 0.3 is 5.97 Å². The van der Waals surface area contributed by atoms with Crippen LogP contribution in [0.15, 0.2) is 29.2 Å². The molecule has 1 aromatic rings. The van der Waals surface area contributed by atoms with Crippen LogP contribution in [-0.2, 0) is 14.6 Å². The Bertz CT molecular complexity index is 618. The molecule has 0 unspecified atom stereocenters. The zero-order valence-corrected chi connectivity index (χ0v) is 13.2. The summed E-state index contributed by atoms with van der Waals surface area (Å²) in [6.45, 7) is 2.12. The summed E-state index contributed by atoms with van der Waals surface area (Å²) in [4.78, 5) is 11.4. The van der Waals surface area contributed by atoms with Crippen molar-refractivity contribution in [2.75, 3.05) is 7.11 Å². The first-order valence-electron chi connectivity index (χ1n) is 6.94. The van der Waals surface area contributed by atoms with Gasteiger partial charge < -0.3 is 4.74 Å². The van der Waals surface area contributed by atoms with Crippen molar-refractivity contribution in [3.8, 4) is 11.2 Å². The zero-order valence-electron chi connectivity index (χ0n) is 12.4. The van der Waals surface area contributed by atoms with Gasteiger partial charge in [0.2, 0.25) is 9.84 Å². The van der Waals surface area contributed by atoms with E-state index in [4.69, 9.17) is 0 Å². The number of carbonyl (C=O) groups is 1. The molecule has 0 aliphatic heterocycles. The summed E-state index contributed by atoms with van der Waals surface area (Å²) >= 11 is 0. The topological polar surface area (TPSA) is 60.4 Å². The molecule has 0 atom stereocenters. The van der Waals surface area contributed by atoms with Crippen LogP contribution in [0.5, 0.6) is 0 Å². The molecule has 0 saturated heterocycles. The number of benzene rings is 1. The maximum atomic E-state index is 12.0. The summed E-state index contributed by atoms with van der Waals surface area (Å²) in [5.41, 5.74) is 0.309. The maximum Gasteiger partial charge on any atom is 0.337 e. The van der Waals surface area contributed by atoms with Crippen LogP contribution in [-0.4, -0.2) is 21.5 Å². The summed E-state index contributed by atoms with van der Waals surface area (Å²) in [6.07, 6.45) is 4.85. The molecule has 0 fully saturated rings. The lowest BCUT2D eigenvalue weighted by Gasteiger charge is -2.00. The summed E-state index contributed by atoms with van der Waals surface area (Å²) in [6, 6.07) is 5.57.